The van der Waals surface area contributed by atoms with Gasteiger partial charge in [0, 0.05) is 12.1 Å². The van der Waals surface area contributed by atoms with Crippen LogP contribution in [0.5, 0.6) is 0 Å². The van der Waals surface area contributed by atoms with E-state index in [0.717, 1.165) is 30.5 Å². The molecule has 3 heteroatoms. The lowest BCUT2D eigenvalue weighted by atomic mass is 10.1. The number of morpholine rings is 1. The summed E-state index contributed by atoms with van der Waals surface area (Å²) in [6.45, 7) is 3.43. The molecule has 2 atom stereocenters. The van der Waals surface area contributed by atoms with Crippen molar-refractivity contribution in [2.75, 3.05) is 13.2 Å². The molecule has 1 aliphatic heterocycles. The third kappa shape index (κ3) is 2.03. The number of hydrogen-bond acceptors (Lipinski definition) is 2. The summed E-state index contributed by atoms with van der Waals surface area (Å²) in [7, 11) is 0. The van der Waals surface area contributed by atoms with Gasteiger partial charge in [0.2, 0.25) is 0 Å². The highest BCUT2D eigenvalue weighted by atomic mass is 16.5. The third-order valence-electron chi connectivity index (χ3n) is 4.01. The van der Waals surface area contributed by atoms with Gasteiger partial charge < -0.3 is 9.64 Å². The smallest absolute Gasteiger partial charge is 0.254 e. The van der Waals surface area contributed by atoms with Gasteiger partial charge in [0.25, 0.3) is 5.91 Å². The molecule has 18 heavy (non-hydrogen) atoms. The summed E-state index contributed by atoms with van der Waals surface area (Å²) in [5.74, 6) is 0.166. The van der Waals surface area contributed by atoms with E-state index in [4.69, 9.17) is 4.74 Å². The first kappa shape index (κ1) is 11.7. The lowest BCUT2D eigenvalue weighted by molar-refractivity contribution is -0.0445. The maximum absolute atomic E-state index is 12.6. The van der Waals surface area contributed by atoms with Crippen LogP contribution in [0.15, 0.2) is 24.3 Å². The first-order chi connectivity index (χ1) is 8.75. The number of benzene rings is 1. The topological polar surface area (TPSA) is 29.5 Å². The molecule has 1 aromatic rings. The molecule has 2 unspecified atom stereocenters. The number of amides is 1. The zero-order chi connectivity index (χ0) is 12.5. The molecule has 3 nitrogen and oxygen atoms in total. The minimum Gasteiger partial charge on any atom is -0.374 e. The van der Waals surface area contributed by atoms with Crippen molar-refractivity contribution in [3.8, 4) is 0 Å². The molecule has 2 aliphatic rings. The van der Waals surface area contributed by atoms with Crippen LogP contribution in [0.1, 0.15) is 35.2 Å². The van der Waals surface area contributed by atoms with Crippen molar-refractivity contribution in [3.05, 3.63) is 35.4 Å². The van der Waals surface area contributed by atoms with Gasteiger partial charge in [-0.2, -0.15) is 0 Å². The summed E-state index contributed by atoms with van der Waals surface area (Å²) in [6.07, 6.45) is 3.63. The molecule has 3 rings (SSSR count). The van der Waals surface area contributed by atoms with Crippen LogP contribution in [0, 0.1) is 6.92 Å². The van der Waals surface area contributed by atoms with Crippen molar-refractivity contribution in [1.29, 1.82) is 0 Å². The van der Waals surface area contributed by atoms with E-state index in [0.29, 0.717) is 12.6 Å². The van der Waals surface area contributed by atoms with E-state index in [1.807, 2.05) is 36.1 Å². The Bertz CT molecular complexity index is 458. The molecular formula is C15H19NO2. The minimum atomic E-state index is 0.166. The maximum Gasteiger partial charge on any atom is 0.254 e. The predicted molar refractivity (Wildman–Crippen MR) is 69.6 cm³/mol. The number of hydrogen-bond donors (Lipinski definition) is 0. The molecule has 1 saturated carbocycles. The number of rotatable bonds is 1. The Kier molecular flexibility index (Phi) is 3.08. The Morgan fingerprint density at radius 3 is 3.11 bits per heavy atom. The Balaban J connectivity index is 1.83. The van der Waals surface area contributed by atoms with Crippen LogP contribution >= 0.6 is 0 Å². The van der Waals surface area contributed by atoms with Crippen LogP contribution in [-0.4, -0.2) is 36.1 Å². The van der Waals surface area contributed by atoms with Crippen molar-refractivity contribution in [3.63, 3.8) is 0 Å². The maximum atomic E-state index is 12.6. The molecule has 1 saturated heterocycles. The lowest BCUT2D eigenvalue weighted by Gasteiger charge is -2.37. The fraction of sp³-hybridized carbons (Fsp3) is 0.533. The molecule has 0 aromatic heterocycles. The highest BCUT2D eigenvalue weighted by molar-refractivity contribution is 5.94. The molecular weight excluding hydrogens is 226 g/mol. The molecule has 0 N–H and O–H groups in total. The summed E-state index contributed by atoms with van der Waals surface area (Å²) in [5.41, 5.74) is 1.94. The van der Waals surface area contributed by atoms with Crippen LogP contribution in [-0.2, 0) is 4.74 Å². The molecule has 1 aromatic carbocycles. The van der Waals surface area contributed by atoms with Gasteiger partial charge >= 0.3 is 0 Å². The van der Waals surface area contributed by atoms with Gasteiger partial charge in [0.1, 0.15) is 0 Å². The van der Waals surface area contributed by atoms with Crippen LogP contribution in [0.25, 0.3) is 0 Å². The van der Waals surface area contributed by atoms with E-state index in [1.165, 1.54) is 6.42 Å². The van der Waals surface area contributed by atoms with Crippen LogP contribution in [0.3, 0.4) is 0 Å². The second-order valence-corrected chi connectivity index (χ2v) is 5.28. The van der Waals surface area contributed by atoms with Gasteiger partial charge in [0.15, 0.2) is 0 Å². The molecule has 1 aliphatic carbocycles. The standard InChI is InChI=1S/C15H19NO2/c1-11-4-2-5-12(10-11)15(17)16-8-9-18-14-7-3-6-13(14)16/h2,4-5,10,13-14H,3,6-9H2,1H3. The van der Waals surface area contributed by atoms with Gasteiger partial charge in [-0.15, -0.1) is 0 Å². The zero-order valence-electron chi connectivity index (χ0n) is 10.8. The average molecular weight is 245 g/mol. The van der Waals surface area contributed by atoms with Gasteiger partial charge in [-0.3, -0.25) is 4.79 Å². The van der Waals surface area contributed by atoms with E-state index in [-0.39, 0.29) is 12.0 Å². The fourth-order valence-corrected chi connectivity index (χ4v) is 3.12. The second kappa shape index (κ2) is 4.73. The third-order valence-corrected chi connectivity index (χ3v) is 4.01. The van der Waals surface area contributed by atoms with Crippen molar-refractivity contribution in [1.82, 2.24) is 4.90 Å². The van der Waals surface area contributed by atoms with Crippen molar-refractivity contribution in [2.24, 2.45) is 0 Å². The van der Waals surface area contributed by atoms with Crippen LogP contribution in [0.2, 0.25) is 0 Å². The Morgan fingerprint density at radius 2 is 2.28 bits per heavy atom. The normalized spacial score (nSPS) is 27.1. The van der Waals surface area contributed by atoms with E-state index >= 15 is 0 Å². The highest BCUT2D eigenvalue weighted by Crippen LogP contribution is 2.30. The zero-order valence-corrected chi connectivity index (χ0v) is 10.8. The summed E-state index contributed by atoms with van der Waals surface area (Å²) >= 11 is 0. The largest absolute Gasteiger partial charge is 0.374 e. The van der Waals surface area contributed by atoms with E-state index in [9.17, 15) is 4.79 Å². The molecule has 1 amide bonds. The summed E-state index contributed by atoms with van der Waals surface area (Å²) in [4.78, 5) is 14.6. The first-order valence-corrected chi connectivity index (χ1v) is 6.75. The van der Waals surface area contributed by atoms with Crippen molar-refractivity contribution >= 4 is 5.91 Å². The van der Waals surface area contributed by atoms with E-state index in [2.05, 4.69) is 0 Å². The number of carbonyl (C=O) groups excluding carboxylic acids is 1. The Morgan fingerprint density at radius 1 is 1.39 bits per heavy atom. The van der Waals surface area contributed by atoms with Crippen molar-refractivity contribution in [2.45, 2.75) is 38.3 Å². The molecule has 0 radical (unpaired) electrons. The summed E-state index contributed by atoms with van der Waals surface area (Å²) < 4.78 is 5.75. The second-order valence-electron chi connectivity index (χ2n) is 5.28. The SMILES string of the molecule is Cc1cccc(C(=O)N2CCOC3CCCC32)c1. The monoisotopic (exact) mass is 245 g/mol. The highest BCUT2D eigenvalue weighted by Gasteiger charge is 2.38. The minimum absolute atomic E-state index is 0.166. The van der Waals surface area contributed by atoms with Gasteiger partial charge in [-0.05, 0) is 38.3 Å². The summed E-state index contributed by atoms with van der Waals surface area (Å²) in [5, 5.41) is 0. The van der Waals surface area contributed by atoms with Gasteiger partial charge in [-0.1, -0.05) is 17.7 Å². The lowest BCUT2D eigenvalue weighted by Crippen LogP contribution is -2.51. The quantitative estimate of drug-likeness (QED) is 0.760. The van der Waals surface area contributed by atoms with Crippen molar-refractivity contribution < 1.29 is 9.53 Å². The van der Waals surface area contributed by atoms with E-state index in [1.54, 1.807) is 0 Å². The first-order valence-electron chi connectivity index (χ1n) is 6.75. The number of fused-ring (bicyclic) bond motifs is 1. The number of ether oxygens (including phenoxy) is 1. The van der Waals surface area contributed by atoms with E-state index < -0.39 is 0 Å². The number of aryl methyl sites for hydroxylation is 1. The summed E-state index contributed by atoms with van der Waals surface area (Å²) in [6, 6.07) is 8.16. The van der Waals surface area contributed by atoms with Crippen LogP contribution in [0.4, 0.5) is 0 Å². The molecule has 1 heterocycles. The Labute approximate surface area is 108 Å². The Hall–Kier alpha value is -1.35. The average Bonchev–Trinajstić information content (AvgIpc) is 2.86. The van der Waals surface area contributed by atoms with Crippen LogP contribution < -0.4 is 0 Å². The molecule has 0 bridgehead atoms. The number of nitrogens with zero attached hydrogens (tertiary/aromatic N) is 1. The molecule has 96 valence electrons. The van der Waals surface area contributed by atoms with Gasteiger partial charge in [-0.25, -0.2) is 0 Å². The molecule has 2 fully saturated rings. The predicted octanol–water partition coefficient (Wildman–Crippen LogP) is 2.39. The fourth-order valence-electron chi connectivity index (χ4n) is 3.12. The molecule has 0 spiro atoms. The number of carbonyl (C=O) groups is 1. The van der Waals surface area contributed by atoms with Gasteiger partial charge in [0.05, 0.1) is 18.8 Å².